The number of nitrogens with two attached hydrogens (primary N) is 1. The zero-order chi connectivity index (χ0) is 25.7. The van der Waals surface area contributed by atoms with Gasteiger partial charge in [-0.1, -0.05) is 58.8 Å². The van der Waals surface area contributed by atoms with E-state index < -0.39 is 5.54 Å². The van der Waals surface area contributed by atoms with Crippen LogP contribution in [0.1, 0.15) is 17.0 Å². The number of halogens is 2. The minimum Gasteiger partial charge on any atom is -0.311 e. The van der Waals surface area contributed by atoms with E-state index >= 15 is 0 Å². The van der Waals surface area contributed by atoms with Crippen LogP contribution in [0.15, 0.2) is 71.9 Å². The van der Waals surface area contributed by atoms with E-state index in [2.05, 4.69) is 48.3 Å². The molecular weight excluding hydrogens is 621 g/mol. The molecule has 2 N–H and O–H groups in total. The van der Waals surface area contributed by atoms with Crippen molar-refractivity contribution in [2.24, 2.45) is 12.8 Å². The van der Waals surface area contributed by atoms with Crippen LogP contribution >= 0.6 is 46.0 Å². The summed E-state index contributed by atoms with van der Waals surface area (Å²) in [6, 6.07) is 21.7. The molecule has 1 unspecified atom stereocenters. The fourth-order valence-electron chi connectivity index (χ4n) is 4.55. The Morgan fingerprint density at radius 3 is 2.49 bits per heavy atom. The van der Waals surface area contributed by atoms with E-state index in [1.165, 1.54) is 11.8 Å². The molecule has 12 heteroatoms. The number of hydrogen-bond donors (Lipinski definition) is 1. The number of nitrogens with zero attached hydrogens (tertiary/aromatic N) is 8. The Labute approximate surface area is 234 Å². The molecule has 0 bridgehead atoms. The second-order valence-electron chi connectivity index (χ2n) is 8.48. The van der Waals surface area contributed by atoms with Crippen LogP contribution < -0.4 is 5.73 Å². The summed E-state index contributed by atoms with van der Waals surface area (Å²) >= 11 is 10.1. The fourth-order valence-corrected chi connectivity index (χ4v) is 5.59. The van der Waals surface area contributed by atoms with Crippen LogP contribution in [0.4, 0.5) is 0 Å². The number of fused-ring (bicyclic) bond motifs is 3. The van der Waals surface area contributed by atoms with Crippen LogP contribution in [0, 0.1) is 3.57 Å². The molecule has 0 radical (unpaired) electrons. The maximum absolute atomic E-state index is 7.35. The van der Waals surface area contributed by atoms with Crippen LogP contribution in [-0.4, -0.2) is 46.0 Å². The van der Waals surface area contributed by atoms with Crippen molar-refractivity contribution in [1.29, 1.82) is 0 Å². The highest BCUT2D eigenvalue weighted by Crippen LogP contribution is 2.38. The third-order valence-corrected chi connectivity index (χ3v) is 8.04. The molecule has 3 aromatic heterocycles. The Bertz CT molecular complexity index is 1780. The van der Waals surface area contributed by atoms with Crippen LogP contribution in [0.5, 0.6) is 0 Å². The summed E-state index contributed by atoms with van der Waals surface area (Å²) in [7, 11) is 1.93. The minimum absolute atomic E-state index is 0.393. The normalized spacial score (nSPS) is 13.3. The molecule has 1 atom stereocenters. The quantitative estimate of drug-likeness (QED) is 0.214. The molecule has 184 valence electrons. The summed E-state index contributed by atoms with van der Waals surface area (Å²) < 4.78 is 4.66. The van der Waals surface area contributed by atoms with E-state index in [1.54, 1.807) is 4.52 Å². The van der Waals surface area contributed by atoms with E-state index in [1.807, 2.05) is 84.6 Å². The van der Waals surface area contributed by atoms with E-state index in [0.717, 1.165) is 36.3 Å². The van der Waals surface area contributed by atoms with Gasteiger partial charge in [0.05, 0.1) is 11.2 Å². The number of thioether (sulfide) groups is 1. The van der Waals surface area contributed by atoms with Gasteiger partial charge in [0, 0.05) is 26.6 Å². The van der Waals surface area contributed by atoms with Gasteiger partial charge in [-0.2, -0.15) is 4.52 Å². The van der Waals surface area contributed by atoms with Crippen molar-refractivity contribution in [3.05, 3.63) is 92.3 Å². The van der Waals surface area contributed by atoms with Crippen molar-refractivity contribution >= 4 is 62.6 Å². The third-order valence-electron chi connectivity index (χ3n) is 6.37. The van der Waals surface area contributed by atoms with E-state index in [0.29, 0.717) is 22.3 Å². The predicted molar refractivity (Wildman–Crippen MR) is 153 cm³/mol. The molecule has 6 aromatic rings. The van der Waals surface area contributed by atoms with E-state index in [9.17, 15) is 0 Å². The molecule has 37 heavy (non-hydrogen) atoms. The van der Waals surface area contributed by atoms with Gasteiger partial charge in [-0.3, -0.25) is 0 Å². The van der Waals surface area contributed by atoms with Gasteiger partial charge in [-0.15, -0.1) is 10.2 Å². The first-order valence-corrected chi connectivity index (χ1v) is 13.9. The summed E-state index contributed by atoms with van der Waals surface area (Å²) in [6.07, 6.45) is 1.97. The summed E-state index contributed by atoms with van der Waals surface area (Å²) in [6.45, 7) is 0. The molecule has 0 saturated carbocycles. The standard InChI is InChI=1S/C25H19ClIN9S/c1-35-22(30-32-24(35)37-2)25(28,15-6-9-18(27)10-7-15)16-8-11-20-19(13-16)21(14-4-3-5-17(26)12-14)29-23-31-33-34-36(20)23/h3-13H,28H2,1-2H3. The van der Waals surface area contributed by atoms with Crippen molar-refractivity contribution in [3.8, 4) is 11.3 Å². The molecule has 9 nitrogen and oxygen atoms in total. The van der Waals surface area contributed by atoms with Crippen LogP contribution in [-0.2, 0) is 12.6 Å². The average Bonchev–Trinajstić information content (AvgIpc) is 3.54. The van der Waals surface area contributed by atoms with Crippen LogP contribution in [0.25, 0.3) is 27.9 Å². The van der Waals surface area contributed by atoms with Gasteiger partial charge >= 0.3 is 0 Å². The van der Waals surface area contributed by atoms with Gasteiger partial charge in [0.15, 0.2) is 11.0 Å². The molecule has 0 spiro atoms. The molecule has 0 saturated heterocycles. The van der Waals surface area contributed by atoms with Crippen molar-refractivity contribution in [2.75, 3.05) is 6.26 Å². The lowest BCUT2D eigenvalue weighted by Gasteiger charge is -2.30. The fraction of sp³-hybridized carbons (Fsp3) is 0.120. The zero-order valence-electron chi connectivity index (χ0n) is 19.7. The predicted octanol–water partition coefficient (Wildman–Crippen LogP) is 4.70. The lowest BCUT2D eigenvalue weighted by molar-refractivity contribution is 0.562. The summed E-state index contributed by atoms with van der Waals surface area (Å²) in [4.78, 5) is 4.78. The van der Waals surface area contributed by atoms with Gasteiger partial charge in [-0.05, 0) is 86.8 Å². The molecule has 0 aliphatic carbocycles. The van der Waals surface area contributed by atoms with Crippen molar-refractivity contribution in [2.45, 2.75) is 10.7 Å². The molecule has 6 rings (SSSR count). The minimum atomic E-state index is -1.10. The Hall–Kier alpha value is -3.13. The third kappa shape index (κ3) is 3.97. The largest absolute Gasteiger partial charge is 0.311 e. The topological polar surface area (TPSA) is 113 Å². The molecule has 0 fully saturated rings. The Morgan fingerprint density at radius 1 is 0.973 bits per heavy atom. The average molecular weight is 640 g/mol. The second-order valence-corrected chi connectivity index (χ2v) is 10.9. The maximum Gasteiger partial charge on any atom is 0.274 e. The number of tetrazole rings is 1. The van der Waals surface area contributed by atoms with Crippen molar-refractivity contribution in [3.63, 3.8) is 0 Å². The Morgan fingerprint density at radius 2 is 1.76 bits per heavy atom. The number of benzene rings is 3. The highest BCUT2D eigenvalue weighted by atomic mass is 127. The first-order chi connectivity index (χ1) is 17.9. The SMILES string of the molecule is CSc1nnc(C(N)(c2ccc(I)cc2)c2ccc3c(c2)c(-c2cccc(Cl)c2)nc2nnnn23)n1C. The monoisotopic (exact) mass is 639 g/mol. The molecule has 0 aliphatic heterocycles. The molecule has 3 aromatic carbocycles. The lowest BCUT2D eigenvalue weighted by Crippen LogP contribution is -2.41. The number of hydrogen-bond acceptors (Lipinski definition) is 8. The summed E-state index contributed by atoms with van der Waals surface area (Å²) in [5, 5.41) is 23.2. The van der Waals surface area contributed by atoms with Crippen molar-refractivity contribution < 1.29 is 0 Å². The summed E-state index contributed by atoms with van der Waals surface area (Å²) in [5.41, 5.74) is 10.3. The van der Waals surface area contributed by atoms with Crippen LogP contribution in [0.3, 0.4) is 0 Å². The van der Waals surface area contributed by atoms with E-state index in [-0.39, 0.29) is 0 Å². The van der Waals surface area contributed by atoms with Gasteiger partial charge in [0.2, 0.25) is 0 Å². The molecular formula is C25H19ClIN9S. The highest BCUT2D eigenvalue weighted by Gasteiger charge is 2.38. The van der Waals surface area contributed by atoms with Gasteiger partial charge in [0.1, 0.15) is 5.54 Å². The van der Waals surface area contributed by atoms with Crippen molar-refractivity contribution in [1.82, 2.24) is 39.8 Å². The molecule has 0 amide bonds. The first kappa shape index (κ1) is 24.2. The van der Waals surface area contributed by atoms with Gasteiger partial charge < -0.3 is 10.3 Å². The second kappa shape index (κ2) is 9.31. The zero-order valence-corrected chi connectivity index (χ0v) is 23.4. The number of aromatic nitrogens is 8. The van der Waals surface area contributed by atoms with Gasteiger partial charge in [0.25, 0.3) is 5.78 Å². The smallest absolute Gasteiger partial charge is 0.274 e. The molecule has 0 aliphatic rings. The Kier molecular flexibility index (Phi) is 6.10. The van der Waals surface area contributed by atoms with Gasteiger partial charge in [-0.25, -0.2) is 4.98 Å². The highest BCUT2D eigenvalue weighted by molar-refractivity contribution is 14.1. The lowest BCUT2D eigenvalue weighted by atomic mass is 9.82. The van der Waals surface area contributed by atoms with Crippen LogP contribution in [0.2, 0.25) is 5.02 Å². The molecule has 3 heterocycles. The number of rotatable bonds is 5. The Balaban J connectivity index is 1.68. The first-order valence-electron chi connectivity index (χ1n) is 11.2. The maximum atomic E-state index is 7.35. The summed E-state index contributed by atoms with van der Waals surface area (Å²) in [5.74, 6) is 1.02. The van der Waals surface area contributed by atoms with E-state index in [4.69, 9.17) is 22.3 Å².